The van der Waals surface area contributed by atoms with Gasteiger partial charge in [-0.1, -0.05) is 23.7 Å². The molecule has 0 saturated carbocycles. The van der Waals surface area contributed by atoms with Crippen LogP contribution >= 0.6 is 27.5 Å². The van der Waals surface area contributed by atoms with E-state index in [0.29, 0.717) is 15.8 Å². The average Bonchev–Trinajstić information content (AvgIpc) is 2.41. The number of carboxylic acids is 1. The molecule has 0 radical (unpaired) electrons. The van der Waals surface area contributed by atoms with Gasteiger partial charge < -0.3 is 9.84 Å². The topological polar surface area (TPSA) is 46.5 Å². The molecule has 0 aliphatic heterocycles. The molecule has 20 heavy (non-hydrogen) atoms. The van der Waals surface area contributed by atoms with Gasteiger partial charge in [-0.15, -0.1) is 0 Å². The van der Waals surface area contributed by atoms with Gasteiger partial charge in [0.2, 0.25) is 0 Å². The van der Waals surface area contributed by atoms with Crippen molar-refractivity contribution in [3.05, 3.63) is 62.8 Å². The monoisotopic (exact) mass is 358 g/mol. The van der Waals surface area contributed by atoms with Crippen molar-refractivity contribution in [2.24, 2.45) is 0 Å². The number of halogens is 3. The molecule has 0 atom stereocenters. The summed E-state index contributed by atoms with van der Waals surface area (Å²) in [5.74, 6) is -1.08. The van der Waals surface area contributed by atoms with Crippen molar-refractivity contribution < 1.29 is 19.0 Å². The fourth-order valence-corrected chi connectivity index (χ4v) is 2.24. The number of aromatic carboxylic acids is 1. The van der Waals surface area contributed by atoms with Crippen molar-refractivity contribution in [3.63, 3.8) is 0 Å². The second-order valence-corrected chi connectivity index (χ2v) is 5.18. The SMILES string of the molecule is O=C(O)c1ccc(OCc2cccc(F)c2Cl)c(Br)c1. The van der Waals surface area contributed by atoms with Gasteiger partial charge in [0.15, 0.2) is 0 Å². The lowest BCUT2D eigenvalue weighted by atomic mass is 10.2. The maximum absolute atomic E-state index is 13.3. The molecule has 3 nitrogen and oxygen atoms in total. The number of benzene rings is 2. The summed E-state index contributed by atoms with van der Waals surface area (Å²) in [7, 11) is 0. The van der Waals surface area contributed by atoms with Gasteiger partial charge in [-0.2, -0.15) is 0 Å². The Kier molecular flexibility index (Phi) is 4.62. The molecule has 2 aromatic carbocycles. The Labute approximate surface area is 128 Å². The van der Waals surface area contributed by atoms with Crippen LogP contribution in [-0.4, -0.2) is 11.1 Å². The third kappa shape index (κ3) is 3.29. The second-order valence-electron chi connectivity index (χ2n) is 3.95. The largest absolute Gasteiger partial charge is 0.488 e. The highest BCUT2D eigenvalue weighted by Crippen LogP contribution is 2.28. The molecule has 1 N–H and O–H groups in total. The Bertz CT molecular complexity index is 661. The molecule has 2 rings (SSSR count). The van der Waals surface area contributed by atoms with Crippen LogP contribution < -0.4 is 4.74 Å². The van der Waals surface area contributed by atoms with Crippen LogP contribution in [-0.2, 0) is 6.61 Å². The van der Waals surface area contributed by atoms with Crippen LogP contribution in [0.15, 0.2) is 40.9 Å². The van der Waals surface area contributed by atoms with Gasteiger partial charge in [0.05, 0.1) is 15.1 Å². The molecule has 2 aromatic rings. The molecule has 0 aliphatic carbocycles. The minimum Gasteiger partial charge on any atom is -0.488 e. The molecule has 0 spiro atoms. The summed E-state index contributed by atoms with van der Waals surface area (Å²) in [4.78, 5) is 10.8. The highest BCUT2D eigenvalue weighted by atomic mass is 79.9. The first-order valence-corrected chi connectivity index (χ1v) is 6.74. The van der Waals surface area contributed by atoms with Crippen molar-refractivity contribution in [1.82, 2.24) is 0 Å². The molecule has 0 heterocycles. The molecular formula is C14H9BrClFO3. The summed E-state index contributed by atoms with van der Waals surface area (Å²) in [6.07, 6.45) is 0. The molecule has 0 fully saturated rings. The zero-order valence-electron chi connectivity index (χ0n) is 10.1. The Morgan fingerprint density at radius 3 is 2.75 bits per heavy atom. The van der Waals surface area contributed by atoms with Crippen molar-refractivity contribution in [1.29, 1.82) is 0 Å². The first-order chi connectivity index (χ1) is 9.49. The number of hydrogen-bond acceptors (Lipinski definition) is 2. The van der Waals surface area contributed by atoms with E-state index in [9.17, 15) is 9.18 Å². The fraction of sp³-hybridized carbons (Fsp3) is 0.0714. The van der Waals surface area contributed by atoms with E-state index in [-0.39, 0.29) is 17.2 Å². The van der Waals surface area contributed by atoms with Crippen LogP contribution in [0.1, 0.15) is 15.9 Å². The maximum Gasteiger partial charge on any atom is 0.335 e. The van der Waals surface area contributed by atoms with Gasteiger partial charge in [0, 0.05) is 5.56 Å². The van der Waals surface area contributed by atoms with Gasteiger partial charge in [-0.05, 0) is 40.2 Å². The van der Waals surface area contributed by atoms with Gasteiger partial charge in [0.25, 0.3) is 0 Å². The van der Waals surface area contributed by atoms with E-state index in [4.69, 9.17) is 21.4 Å². The zero-order valence-corrected chi connectivity index (χ0v) is 12.4. The van der Waals surface area contributed by atoms with E-state index in [1.807, 2.05) is 0 Å². The molecule has 6 heteroatoms. The molecule has 0 amide bonds. The Balaban J connectivity index is 2.15. The van der Waals surface area contributed by atoms with E-state index < -0.39 is 11.8 Å². The number of carbonyl (C=O) groups is 1. The Morgan fingerprint density at radius 1 is 1.35 bits per heavy atom. The van der Waals surface area contributed by atoms with Crippen molar-refractivity contribution in [2.45, 2.75) is 6.61 Å². The first-order valence-electron chi connectivity index (χ1n) is 5.57. The summed E-state index contributed by atoms with van der Waals surface area (Å²) in [5.41, 5.74) is 0.661. The van der Waals surface area contributed by atoms with E-state index in [0.717, 1.165) is 0 Å². The molecular weight excluding hydrogens is 351 g/mol. The average molecular weight is 360 g/mol. The lowest BCUT2D eigenvalue weighted by molar-refractivity contribution is 0.0696. The van der Waals surface area contributed by atoms with Crippen LogP contribution in [0.4, 0.5) is 4.39 Å². The standard InChI is InChI=1S/C14H9BrClFO3/c15-10-6-8(14(18)19)4-5-12(10)20-7-9-2-1-3-11(17)13(9)16/h1-6H,7H2,(H,18,19). The predicted octanol–water partition coefficient (Wildman–Crippen LogP) is 4.52. The highest BCUT2D eigenvalue weighted by Gasteiger charge is 2.10. The molecule has 0 bridgehead atoms. The van der Waals surface area contributed by atoms with E-state index in [1.54, 1.807) is 12.1 Å². The summed E-state index contributed by atoms with van der Waals surface area (Å²) in [6.45, 7) is 0.0849. The fourth-order valence-electron chi connectivity index (χ4n) is 1.57. The normalized spacial score (nSPS) is 10.3. The van der Waals surface area contributed by atoms with Crippen LogP contribution in [0, 0.1) is 5.82 Å². The van der Waals surface area contributed by atoms with Crippen molar-refractivity contribution in [3.8, 4) is 5.75 Å². The van der Waals surface area contributed by atoms with Crippen LogP contribution in [0.5, 0.6) is 5.75 Å². The number of ether oxygens (including phenoxy) is 1. The van der Waals surface area contributed by atoms with Crippen molar-refractivity contribution in [2.75, 3.05) is 0 Å². The summed E-state index contributed by atoms with van der Waals surface area (Å²) < 4.78 is 19.3. The van der Waals surface area contributed by atoms with Crippen LogP contribution in [0.2, 0.25) is 5.02 Å². The van der Waals surface area contributed by atoms with Crippen LogP contribution in [0.25, 0.3) is 0 Å². The van der Waals surface area contributed by atoms with Crippen LogP contribution in [0.3, 0.4) is 0 Å². The summed E-state index contributed by atoms with van der Waals surface area (Å²) in [5, 5.41) is 8.87. The number of carboxylic acid groups (broad SMARTS) is 1. The molecule has 0 aromatic heterocycles. The van der Waals surface area contributed by atoms with Gasteiger partial charge in [0.1, 0.15) is 18.2 Å². The smallest absolute Gasteiger partial charge is 0.335 e. The summed E-state index contributed by atoms with van der Waals surface area (Å²) in [6, 6.07) is 8.86. The van der Waals surface area contributed by atoms with E-state index in [1.165, 1.54) is 24.3 Å². The van der Waals surface area contributed by atoms with Gasteiger partial charge in [-0.25, -0.2) is 9.18 Å². The zero-order chi connectivity index (χ0) is 14.7. The molecule has 0 aliphatic rings. The molecule has 0 unspecified atom stereocenters. The number of rotatable bonds is 4. The Hall–Kier alpha value is -1.59. The minimum absolute atomic E-state index is 0.0192. The Morgan fingerprint density at radius 2 is 2.10 bits per heavy atom. The third-order valence-corrected chi connectivity index (χ3v) is 3.64. The highest BCUT2D eigenvalue weighted by molar-refractivity contribution is 9.10. The van der Waals surface area contributed by atoms with E-state index in [2.05, 4.69) is 15.9 Å². The summed E-state index contributed by atoms with van der Waals surface area (Å²) >= 11 is 9.05. The lowest BCUT2D eigenvalue weighted by Crippen LogP contribution is -2.00. The number of hydrogen-bond donors (Lipinski definition) is 1. The van der Waals surface area contributed by atoms with E-state index >= 15 is 0 Å². The maximum atomic E-state index is 13.3. The second kappa shape index (κ2) is 6.24. The van der Waals surface area contributed by atoms with Gasteiger partial charge in [-0.3, -0.25) is 0 Å². The lowest BCUT2D eigenvalue weighted by Gasteiger charge is -2.10. The quantitative estimate of drug-likeness (QED) is 0.873. The molecule has 104 valence electrons. The molecule has 0 saturated heterocycles. The minimum atomic E-state index is -1.02. The third-order valence-electron chi connectivity index (χ3n) is 2.59. The first kappa shape index (κ1) is 14.8. The predicted molar refractivity (Wildman–Crippen MR) is 76.8 cm³/mol. The van der Waals surface area contributed by atoms with Gasteiger partial charge >= 0.3 is 5.97 Å². The van der Waals surface area contributed by atoms with Crippen molar-refractivity contribution >= 4 is 33.5 Å².